The molecule has 0 amide bonds. The third kappa shape index (κ3) is 2.04. The molecule has 21 heavy (non-hydrogen) atoms. The highest BCUT2D eigenvalue weighted by atomic mass is 16.2. The predicted octanol–water partition coefficient (Wildman–Crippen LogP) is 2.02. The van der Waals surface area contributed by atoms with E-state index in [0.717, 1.165) is 18.0 Å². The monoisotopic (exact) mass is 283 g/mol. The van der Waals surface area contributed by atoms with Gasteiger partial charge in [-0.1, -0.05) is 6.42 Å². The van der Waals surface area contributed by atoms with Crippen LogP contribution in [0.2, 0.25) is 0 Å². The Morgan fingerprint density at radius 3 is 2.43 bits per heavy atom. The molecule has 0 radical (unpaired) electrons. The molecule has 3 unspecified atom stereocenters. The molecule has 4 rings (SSSR count). The molecule has 1 aromatic carbocycles. The quantitative estimate of drug-likeness (QED) is 0.840. The van der Waals surface area contributed by atoms with Crippen molar-refractivity contribution in [2.75, 3.05) is 10.6 Å². The highest BCUT2D eigenvalue weighted by molar-refractivity contribution is 5.78. The van der Waals surface area contributed by atoms with Crippen LogP contribution in [-0.4, -0.2) is 11.0 Å². The van der Waals surface area contributed by atoms with Crippen molar-refractivity contribution in [1.29, 1.82) is 0 Å². The summed E-state index contributed by atoms with van der Waals surface area (Å²) in [5, 5.41) is 6.36. The number of hydrogen-bond donors (Lipinski definition) is 2. The Kier molecular flexibility index (Phi) is 2.80. The van der Waals surface area contributed by atoms with E-state index in [2.05, 4.69) is 15.6 Å². The molecule has 2 aliphatic rings. The normalized spacial score (nSPS) is 27.1. The zero-order valence-electron chi connectivity index (χ0n) is 11.6. The van der Waals surface area contributed by atoms with Crippen molar-refractivity contribution < 1.29 is 0 Å². The van der Waals surface area contributed by atoms with Crippen LogP contribution in [0, 0.1) is 11.8 Å². The van der Waals surface area contributed by atoms with Crippen molar-refractivity contribution in [2.45, 2.75) is 31.7 Å². The van der Waals surface area contributed by atoms with Crippen molar-refractivity contribution in [1.82, 2.24) is 4.98 Å². The van der Waals surface area contributed by atoms with Gasteiger partial charge in [-0.2, -0.15) is 0 Å². The minimum Gasteiger partial charge on any atom is -0.377 e. The van der Waals surface area contributed by atoms with Crippen molar-refractivity contribution >= 4 is 17.1 Å². The molecule has 2 fully saturated rings. The first-order valence-corrected chi connectivity index (χ1v) is 7.49. The standard InChI is InChI=1S/C16H17N3O2/c20-15-13(18-11-3-5-17-6-4-11)14(16(15)21)19-12-8-9-1-2-10(12)7-9/h3-6,9-10,12,19H,1-2,7-8H2,(H,17,18). The molecule has 1 heterocycles. The number of pyridine rings is 1. The van der Waals surface area contributed by atoms with E-state index in [1.54, 1.807) is 24.5 Å². The molecule has 0 aliphatic heterocycles. The molecule has 5 nitrogen and oxygen atoms in total. The summed E-state index contributed by atoms with van der Waals surface area (Å²) in [6, 6.07) is 3.90. The molecule has 2 aliphatic carbocycles. The van der Waals surface area contributed by atoms with E-state index in [9.17, 15) is 9.59 Å². The second-order valence-electron chi connectivity index (χ2n) is 6.19. The number of aromatic nitrogens is 1. The Labute approximate surface area is 122 Å². The Morgan fingerprint density at radius 2 is 1.76 bits per heavy atom. The Morgan fingerprint density at radius 1 is 1.00 bits per heavy atom. The van der Waals surface area contributed by atoms with E-state index in [-0.39, 0.29) is 0 Å². The third-order valence-electron chi connectivity index (χ3n) is 4.93. The molecule has 5 heteroatoms. The first-order valence-electron chi connectivity index (χ1n) is 7.49. The van der Waals surface area contributed by atoms with Crippen LogP contribution in [0.25, 0.3) is 0 Å². The van der Waals surface area contributed by atoms with Crippen molar-refractivity contribution in [3.05, 3.63) is 45.0 Å². The molecule has 1 aromatic heterocycles. The summed E-state index contributed by atoms with van der Waals surface area (Å²) in [6.45, 7) is 0. The van der Waals surface area contributed by atoms with Gasteiger partial charge in [0.2, 0.25) is 0 Å². The van der Waals surface area contributed by atoms with Gasteiger partial charge in [-0.15, -0.1) is 0 Å². The van der Waals surface area contributed by atoms with Gasteiger partial charge in [0.15, 0.2) is 0 Å². The van der Waals surface area contributed by atoms with Crippen LogP contribution in [0.5, 0.6) is 0 Å². The summed E-state index contributed by atoms with van der Waals surface area (Å²) in [5.41, 5.74) is 0.809. The van der Waals surface area contributed by atoms with Gasteiger partial charge < -0.3 is 10.6 Å². The van der Waals surface area contributed by atoms with Gasteiger partial charge >= 0.3 is 0 Å². The van der Waals surface area contributed by atoms with Gasteiger partial charge in [0, 0.05) is 24.1 Å². The van der Waals surface area contributed by atoms with Crippen LogP contribution in [-0.2, 0) is 0 Å². The maximum absolute atomic E-state index is 11.8. The van der Waals surface area contributed by atoms with Gasteiger partial charge in [0.25, 0.3) is 10.9 Å². The summed E-state index contributed by atoms with van der Waals surface area (Å²) in [7, 11) is 0. The van der Waals surface area contributed by atoms with Crippen LogP contribution >= 0.6 is 0 Å². The van der Waals surface area contributed by atoms with E-state index in [4.69, 9.17) is 0 Å². The van der Waals surface area contributed by atoms with Gasteiger partial charge in [0.1, 0.15) is 11.4 Å². The Balaban J connectivity index is 1.55. The fraction of sp³-hybridized carbons (Fsp3) is 0.438. The van der Waals surface area contributed by atoms with E-state index < -0.39 is 10.9 Å². The van der Waals surface area contributed by atoms with Crippen LogP contribution in [0.3, 0.4) is 0 Å². The highest BCUT2D eigenvalue weighted by Crippen LogP contribution is 2.45. The number of nitrogens with one attached hydrogen (secondary N) is 2. The van der Waals surface area contributed by atoms with E-state index >= 15 is 0 Å². The summed E-state index contributed by atoms with van der Waals surface area (Å²) in [5.74, 6) is 1.46. The molecule has 3 atom stereocenters. The lowest BCUT2D eigenvalue weighted by molar-refractivity contribution is 0.439. The smallest absolute Gasteiger partial charge is 0.253 e. The van der Waals surface area contributed by atoms with Crippen LogP contribution in [0.15, 0.2) is 34.1 Å². The lowest BCUT2D eigenvalue weighted by atomic mass is 9.94. The SMILES string of the molecule is O=c1c(Nc2ccncc2)c(NC2CC3CCC2C3)c1=O. The first-order chi connectivity index (χ1) is 10.2. The topological polar surface area (TPSA) is 71.1 Å². The van der Waals surface area contributed by atoms with Gasteiger partial charge in [-0.3, -0.25) is 14.6 Å². The van der Waals surface area contributed by atoms with Gasteiger partial charge in [0.05, 0.1) is 0 Å². The fourth-order valence-corrected chi connectivity index (χ4v) is 3.84. The largest absolute Gasteiger partial charge is 0.377 e. The van der Waals surface area contributed by atoms with Crippen LogP contribution in [0.4, 0.5) is 17.1 Å². The van der Waals surface area contributed by atoms with Crippen LogP contribution in [0.1, 0.15) is 25.7 Å². The summed E-state index contributed by atoms with van der Waals surface area (Å²) >= 11 is 0. The average molecular weight is 283 g/mol. The summed E-state index contributed by atoms with van der Waals surface area (Å²) < 4.78 is 0. The molecule has 2 saturated carbocycles. The van der Waals surface area contributed by atoms with Crippen LogP contribution < -0.4 is 21.5 Å². The lowest BCUT2D eigenvalue weighted by Crippen LogP contribution is -2.40. The maximum Gasteiger partial charge on any atom is 0.253 e. The Hall–Kier alpha value is -2.17. The number of hydrogen-bond acceptors (Lipinski definition) is 5. The molecule has 108 valence electrons. The van der Waals surface area contributed by atoms with Crippen molar-refractivity contribution in [2.24, 2.45) is 11.8 Å². The number of anilines is 3. The zero-order valence-corrected chi connectivity index (χ0v) is 11.6. The number of fused-ring (bicyclic) bond motifs is 2. The predicted molar refractivity (Wildman–Crippen MR) is 81.7 cm³/mol. The summed E-state index contributed by atoms with van der Waals surface area (Å²) in [4.78, 5) is 27.6. The lowest BCUT2D eigenvalue weighted by Gasteiger charge is -2.25. The molecule has 0 saturated heterocycles. The third-order valence-corrected chi connectivity index (χ3v) is 4.93. The molecule has 2 bridgehead atoms. The second-order valence-corrected chi connectivity index (χ2v) is 6.19. The molecular formula is C16H17N3O2. The number of rotatable bonds is 4. The molecule has 2 aromatic rings. The van der Waals surface area contributed by atoms with E-state index in [1.807, 2.05) is 0 Å². The van der Waals surface area contributed by atoms with E-state index in [1.165, 1.54) is 19.3 Å². The average Bonchev–Trinajstić information content (AvgIpc) is 3.14. The van der Waals surface area contributed by atoms with Crippen molar-refractivity contribution in [3.63, 3.8) is 0 Å². The fourth-order valence-electron chi connectivity index (χ4n) is 3.84. The molecule has 2 N–H and O–H groups in total. The summed E-state index contributed by atoms with van der Waals surface area (Å²) in [6.07, 6.45) is 8.24. The second kappa shape index (κ2) is 4.69. The molecular weight excluding hydrogens is 266 g/mol. The van der Waals surface area contributed by atoms with E-state index in [0.29, 0.717) is 23.3 Å². The maximum atomic E-state index is 11.8. The highest BCUT2D eigenvalue weighted by Gasteiger charge is 2.40. The number of nitrogens with zero attached hydrogens (tertiary/aromatic N) is 1. The van der Waals surface area contributed by atoms with Crippen molar-refractivity contribution in [3.8, 4) is 0 Å². The van der Waals surface area contributed by atoms with Gasteiger partial charge in [-0.25, -0.2) is 0 Å². The molecule has 0 spiro atoms. The zero-order chi connectivity index (χ0) is 14.4. The minimum absolute atomic E-state index is 0.352. The minimum atomic E-state index is -0.433. The Bertz CT molecular complexity index is 734. The van der Waals surface area contributed by atoms with Gasteiger partial charge in [-0.05, 0) is 43.2 Å². The first kappa shape index (κ1) is 12.6.